The number of carbonyl (C=O) groups is 2. The third-order valence-electron chi connectivity index (χ3n) is 4.99. The van der Waals surface area contributed by atoms with Crippen LogP contribution in [0, 0.1) is 5.41 Å². The van der Waals surface area contributed by atoms with E-state index in [9.17, 15) is 14.7 Å². The van der Waals surface area contributed by atoms with Gasteiger partial charge in [-0.2, -0.15) is 0 Å². The molecule has 5 heteroatoms. The Kier molecular flexibility index (Phi) is 3.81. The molecule has 118 valence electrons. The topological polar surface area (TPSA) is 69.6 Å². The smallest absolute Gasteiger partial charge is 0.321 e. The van der Waals surface area contributed by atoms with Gasteiger partial charge in [-0.3, -0.25) is 4.79 Å². The van der Waals surface area contributed by atoms with Gasteiger partial charge in [0.15, 0.2) is 0 Å². The van der Waals surface area contributed by atoms with Gasteiger partial charge in [-0.25, -0.2) is 4.79 Å². The summed E-state index contributed by atoms with van der Waals surface area (Å²) >= 11 is 0. The van der Waals surface area contributed by atoms with Crippen LogP contribution >= 0.6 is 0 Å². The van der Waals surface area contributed by atoms with Crippen LogP contribution in [0.5, 0.6) is 0 Å². The van der Waals surface area contributed by atoms with Crippen molar-refractivity contribution in [1.82, 2.24) is 4.90 Å². The fourth-order valence-electron chi connectivity index (χ4n) is 3.12. The summed E-state index contributed by atoms with van der Waals surface area (Å²) in [4.78, 5) is 25.1. The van der Waals surface area contributed by atoms with Gasteiger partial charge in [0.05, 0.1) is 5.41 Å². The largest absolute Gasteiger partial charge is 0.481 e. The number of anilines is 1. The number of carboxylic acids is 1. The molecule has 1 atom stereocenters. The van der Waals surface area contributed by atoms with E-state index in [-0.39, 0.29) is 12.6 Å². The molecular weight excluding hydrogens is 280 g/mol. The first-order valence-corrected chi connectivity index (χ1v) is 7.87. The van der Waals surface area contributed by atoms with E-state index in [1.165, 1.54) is 24.8 Å². The third-order valence-corrected chi connectivity index (χ3v) is 4.99. The van der Waals surface area contributed by atoms with Crippen LogP contribution in [0.1, 0.15) is 44.1 Å². The molecule has 5 nitrogen and oxygen atoms in total. The van der Waals surface area contributed by atoms with Crippen molar-refractivity contribution in [3.05, 3.63) is 29.8 Å². The maximum Gasteiger partial charge on any atom is 0.321 e. The fraction of sp³-hybridized carbons (Fsp3) is 0.529. The number of nitrogens with zero attached hydrogens (tertiary/aromatic N) is 1. The first-order valence-electron chi connectivity index (χ1n) is 7.87. The maximum absolute atomic E-state index is 12.3. The summed E-state index contributed by atoms with van der Waals surface area (Å²) in [6.45, 7) is 2.44. The lowest BCUT2D eigenvalue weighted by Crippen LogP contribution is -2.37. The van der Waals surface area contributed by atoms with Crippen LogP contribution < -0.4 is 5.32 Å². The highest BCUT2D eigenvalue weighted by atomic mass is 16.4. The summed E-state index contributed by atoms with van der Waals surface area (Å²) in [7, 11) is 0. The van der Waals surface area contributed by atoms with Crippen molar-refractivity contribution in [2.45, 2.75) is 38.5 Å². The number of benzene rings is 1. The number of nitrogens with one attached hydrogen (secondary N) is 1. The molecule has 2 amide bonds. The molecule has 1 heterocycles. The highest BCUT2D eigenvalue weighted by Gasteiger charge is 2.42. The summed E-state index contributed by atoms with van der Waals surface area (Å²) in [5.74, 6) is -0.214. The molecule has 1 aliphatic heterocycles. The van der Waals surface area contributed by atoms with Crippen molar-refractivity contribution >= 4 is 17.7 Å². The van der Waals surface area contributed by atoms with Gasteiger partial charge in [0.2, 0.25) is 0 Å². The summed E-state index contributed by atoms with van der Waals surface area (Å²) in [6.07, 6.45) is 4.22. The van der Waals surface area contributed by atoms with Crippen LogP contribution in [0.2, 0.25) is 0 Å². The molecule has 0 aromatic heterocycles. The molecule has 3 rings (SSSR count). The average Bonchev–Trinajstić information content (AvgIpc) is 2.81. The zero-order chi connectivity index (χ0) is 15.7. The molecular formula is C17H22N2O3. The van der Waals surface area contributed by atoms with Gasteiger partial charge in [0.25, 0.3) is 0 Å². The van der Waals surface area contributed by atoms with Crippen molar-refractivity contribution in [1.29, 1.82) is 0 Å². The Morgan fingerprint density at radius 3 is 2.73 bits per heavy atom. The highest BCUT2D eigenvalue weighted by Crippen LogP contribution is 2.37. The average molecular weight is 302 g/mol. The lowest BCUT2D eigenvalue weighted by Gasteiger charge is -2.26. The normalized spacial score (nSPS) is 24.9. The summed E-state index contributed by atoms with van der Waals surface area (Å²) < 4.78 is 0. The van der Waals surface area contributed by atoms with E-state index in [4.69, 9.17) is 0 Å². The second kappa shape index (κ2) is 5.63. The molecule has 1 saturated carbocycles. The monoisotopic (exact) mass is 302 g/mol. The number of hydrogen-bond acceptors (Lipinski definition) is 2. The summed E-state index contributed by atoms with van der Waals surface area (Å²) in [6, 6.07) is 7.78. The number of likely N-dealkylation sites (tertiary alicyclic amines) is 1. The second-order valence-electron chi connectivity index (χ2n) is 6.72. The number of carboxylic acid groups (broad SMARTS) is 1. The molecule has 2 aliphatic rings. The minimum atomic E-state index is -0.838. The maximum atomic E-state index is 12.3. The number of rotatable bonds is 3. The number of aliphatic carboxylic acids is 1. The van der Waals surface area contributed by atoms with Crippen molar-refractivity contribution in [3.8, 4) is 0 Å². The van der Waals surface area contributed by atoms with Crippen LogP contribution in [0.25, 0.3) is 0 Å². The molecule has 1 saturated heterocycles. The van der Waals surface area contributed by atoms with Crippen LogP contribution in [0.4, 0.5) is 10.5 Å². The standard InChI is InChI=1S/C17H22N2O3/c1-17(15(20)21)8-9-19(11-17)16(22)18-14-7-3-6-13(10-14)12-4-2-5-12/h3,6-7,10,12H,2,4-5,8-9,11H2,1H3,(H,18,22)(H,20,21). The number of hydrogen-bond donors (Lipinski definition) is 2. The van der Waals surface area contributed by atoms with E-state index in [0.717, 1.165) is 5.69 Å². The van der Waals surface area contributed by atoms with Gasteiger partial charge in [-0.15, -0.1) is 0 Å². The zero-order valence-electron chi connectivity index (χ0n) is 12.8. The van der Waals surface area contributed by atoms with Crippen molar-refractivity contribution in [3.63, 3.8) is 0 Å². The Morgan fingerprint density at radius 1 is 1.36 bits per heavy atom. The molecule has 0 spiro atoms. The van der Waals surface area contributed by atoms with Gasteiger partial charge >= 0.3 is 12.0 Å². The molecule has 1 aromatic carbocycles. The first-order chi connectivity index (χ1) is 10.5. The molecule has 1 aliphatic carbocycles. The van der Waals surface area contributed by atoms with E-state index in [1.807, 2.05) is 18.2 Å². The minimum absolute atomic E-state index is 0.212. The molecule has 1 unspecified atom stereocenters. The Morgan fingerprint density at radius 2 is 2.14 bits per heavy atom. The second-order valence-corrected chi connectivity index (χ2v) is 6.72. The predicted octanol–water partition coefficient (Wildman–Crippen LogP) is 3.28. The molecule has 0 bridgehead atoms. The van der Waals surface area contributed by atoms with E-state index in [2.05, 4.69) is 11.4 Å². The van der Waals surface area contributed by atoms with Crippen molar-refractivity contribution < 1.29 is 14.7 Å². The number of amides is 2. The van der Waals surface area contributed by atoms with Gasteiger partial charge < -0.3 is 15.3 Å². The Bertz CT molecular complexity index is 597. The van der Waals surface area contributed by atoms with Crippen molar-refractivity contribution in [2.75, 3.05) is 18.4 Å². The van der Waals surface area contributed by atoms with Gasteiger partial charge in [0, 0.05) is 18.8 Å². The molecule has 2 fully saturated rings. The minimum Gasteiger partial charge on any atom is -0.481 e. The summed E-state index contributed by atoms with van der Waals surface area (Å²) in [5, 5.41) is 12.1. The quantitative estimate of drug-likeness (QED) is 0.900. The Balaban J connectivity index is 1.64. The van der Waals surface area contributed by atoms with Crippen molar-refractivity contribution in [2.24, 2.45) is 5.41 Å². The predicted molar refractivity (Wildman–Crippen MR) is 84.0 cm³/mol. The Hall–Kier alpha value is -2.04. The van der Waals surface area contributed by atoms with Crippen LogP contribution in [-0.4, -0.2) is 35.1 Å². The molecule has 22 heavy (non-hydrogen) atoms. The Labute approximate surface area is 130 Å². The zero-order valence-corrected chi connectivity index (χ0v) is 12.8. The third kappa shape index (κ3) is 2.80. The number of urea groups is 1. The number of carbonyl (C=O) groups excluding carboxylic acids is 1. The van der Waals surface area contributed by atoms with Gasteiger partial charge in [-0.05, 0) is 49.8 Å². The van der Waals surface area contributed by atoms with Gasteiger partial charge in [-0.1, -0.05) is 18.6 Å². The molecule has 2 N–H and O–H groups in total. The lowest BCUT2D eigenvalue weighted by molar-refractivity contribution is -0.146. The lowest BCUT2D eigenvalue weighted by atomic mass is 9.80. The summed E-state index contributed by atoms with van der Waals surface area (Å²) in [5.41, 5.74) is 1.24. The van der Waals surface area contributed by atoms with E-state index >= 15 is 0 Å². The molecule has 1 aromatic rings. The van der Waals surface area contributed by atoms with E-state index in [1.54, 1.807) is 11.8 Å². The molecule has 0 radical (unpaired) electrons. The highest BCUT2D eigenvalue weighted by molar-refractivity contribution is 5.90. The van der Waals surface area contributed by atoms with E-state index in [0.29, 0.717) is 18.9 Å². The van der Waals surface area contributed by atoms with Crippen LogP contribution in [0.3, 0.4) is 0 Å². The van der Waals surface area contributed by atoms with Crippen LogP contribution in [-0.2, 0) is 4.79 Å². The van der Waals surface area contributed by atoms with E-state index < -0.39 is 11.4 Å². The first kappa shape index (κ1) is 14.9. The SMILES string of the molecule is CC1(C(=O)O)CCN(C(=O)Nc2cccc(C3CCC3)c2)C1. The van der Waals surface area contributed by atoms with Gasteiger partial charge in [0.1, 0.15) is 0 Å². The fourth-order valence-corrected chi connectivity index (χ4v) is 3.12. The van der Waals surface area contributed by atoms with Crippen LogP contribution in [0.15, 0.2) is 24.3 Å².